The van der Waals surface area contributed by atoms with E-state index in [0.29, 0.717) is 0 Å². The molecular formula is C52H40N2. The second kappa shape index (κ2) is 11.1. The second-order valence-electron chi connectivity index (χ2n) is 16.2. The highest BCUT2D eigenvalue weighted by molar-refractivity contribution is 6.09. The summed E-state index contributed by atoms with van der Waals surface area (Å²) in [5.41, 5.74) is 17.7. The van der Waals surface area contributed by atoms with Crippen LogP contribution < -0.4 is 4.90 Å². The van der Waals surface area contributed by atoms with Crippen molar-refractivity contribution in [3.63, 3.8) is 0 Å². The Hall–Kier alpha value is -6.38. The molecule has 2 nitrogen and oxygen atoms in total. The smallest absolute Gasteiger partial charge is 0.0541 e. The molecule has 0 saturated heterocycles. The van der Waals surface area contributed by atoms with Gasteiger partial charge in [-0.3, -0.25) is 0 Å². The quantitative estimate of drug-likeness (QED) is 0.178. The number of fused-ring (bicyclic) bond motifs is 10. The standard InChI is InChI=1S/C52H40N2/c1-51(2)44-20-10-7-17-38(44)39-27-24-34(30-45(39)51)53(48-23-13-15-33-14-5-6-16-37(33)48)35-25-28-40-41-29-26-36(32-47(41)52(3,4)46(40)31-35)54-49-21-11-8-18-42(49)43-19-9-12-22-50(43)54/h5-32H,1-4H3. The Balaban J connectivity index is 1.08. The van der Waals surface area contributed by atoms with Gasteiger partial charge < -0.3 is 9.47 Å². The fourth-order valence-corrected chi connectivity index (χ4v) is 9.85. The Kier molecular flexibility index (Phi) is 6.39. The molecule has 258 valence electrons. The average Bonchev–Trinajstić information content (AvgIpc) is 3.75. The van der Waals surface area contributed by atoms with Gasteiger partial charge in [0.1, 0.15) is 0 Å². The van der Waals surface area contributed by atoms with Gasteiger partial charge in [0.2, 0.25) is 0 Å². The Bertz CT molecular complexity index is 2950. The summed E-state index contributed by atoms with van der Waals surface area (Å²) in [6.45, 7) is 9.53. The molecule has 8 aromatic carbocycles. The van der Waals surface area contributed by atoms with Crippen LogP contribution in [0.3, 0.4) is 0 Å². The Morgan fingerprint density at radius 3 is 1.54 bits per heavy atom. The van der Waals surface area contributed by atoms with Crippen molar-refractivity contribution in [3.8, 4) is 27.9 Å². The summed E-state index contributed by atoms with van der Waals surface area (Å²) >= 11 is 0. The maximum atomic E-state index is 2.49. The van der Waals surface area contributed by atoms with Crippen LogP contribution in [0.15, 0.2) is 170 Å². The van der Waals surface area contributed by atoms with Crippen LogP contribution in [0.4, 0.5) is 17.1 Å². The minimum absolute atomic E-state index is 0.0952. The number of rotatable bonds is 4. The third-order valence-corrected chi connectivity index (χ3v) is 12.6. The Labute approximate surface area is 316 Å². The van der Waals surface area contributed by atoms with Gasteiger partial charge in [-0.05, 0) is 104 Å². The van der Waals surface area contributed by atoms with Crippen LogP contribution in [0.2, 0.25) is 0 Å². The van der Waals surface area contributed by atoms with Crippen molar-refractivity contribution in [1.29, 1.82) is 0 Å². The fraction of sp³-hybridized carbons (Fsp3) is 0.115. The third-order valence-electron chi connectivity index (χ3n) is 12.6. The van der Waals surface area contributed by atoms with Crippen molar-refractivity contribution >= 4 is 49.6 Å². The van der Waals surface area contributed by atoms with Crippen LogP contribution in [0.5, 0.6) is 0 Å². The van der Waals surface area contributed by atoms with E-state index < -0.39 is 0 Å². The zero-order chi connectivity index (χ0) is 36.3. The van der Waals surface area contributed by atoms with Crippen molar-refractivity contribution in [2.45, 2.75) is 38.5 Å². The summed E-state index contributed by atoms with van der Waals surface area (Å²) in [6.07, 6.45) is 0. The lowest BCUT2D eigenvalue weighted by Gasteiger charge is -2.30. The maximum absolute atomic E-state index is 2.49. The van der Waals surface area contributed by atoms with E-state index in [1.165, 1.54) is 99.8 Å². The van der Waals surface area contributed by atoms with Crippen molar-refractivity contribution in [1.82, 2.24) is 4.57 Å². The zero-order valence-electron chi connectivity index (χ0n) is 31.1. The predicted molar refractivity (Wildman–Crippen MR) is 228 cm³/mol. The summed E-state index contributed by atoms with van der Waals surface area (Å²) in [5, 5.41) is 5.04. The molecule has 9 aromatic rings. The van der Waals surface area contributed by atoms with Gasteiger partial charge in [-0.25, -0.2) is 0 Å². The first-order valence-electron chi connectivity index (χ1n) is 19.1. The lowest BCUT2D eigenvalue weighted by atomic mass is 9.82. The molecule has 0 saturated carbocycles. The maximum Gasteiger partial charge on any atom is 0.0541 e. The molecule has 0 fully saturated rings. The Morgan fingerprint density at radius 1 is 0.389 bits per heavy atom. The van der Waals surface area contributed by atoms with E-state index in [2.05, 4.69) is 207 Å². The monoisotopic (exact) mass is 692 g/mol. The SMILES string of the molecule is CC1(C)c2ccccc2-c2ccc(N(c3ccc4c(c3)C(C)(C)c3cc(-n5c6ccccc6c6ccccc65)ccc3-4)c3cccc4ccccc34)cc21. The van der Waals surface area contributed by atoms with Gasteiger partial charge in [0, 0.05) is 44.1 Å². The van der Waals surface area contributed by atoms with Gasteiger partial charge in [-0.1, -0.05) is 143 Å². The number of para-hydroxylation sites is 2. The lowest BCUT2D eigenvalue weighted by Crippen LogP contribution is -2.18. The second-order valence-corrected chi connectivity index (χ2v) is 16.2. The number of benzene rings is 8. The van der Waals surface area contributed by atoms with Crippen molar-refractivity contribution in [3.05, 3.63) is 192 Å². The summed E-state index contributed by atoms with van der Waals surface area (Å²) < 4.78 is 2.44. The summed E-state index contributed by atoms with van der Waals surface area (Å²) in [4.78, 5) is 2.49. The molecule has 0 atom stereocenters. The van der Waals surface area contributed by atoms with E-state index in [1.807, 2.05) is 0 Å². The highest BCUT2D eigenvalue weighted by Crippen LogP contribution is 2.54. The number of hydrogen-bond donors (Lipinski definition) is 0. The highest BCUT2D eigenvalue weighted by Gasteiger charge is 2.38. The summed E-state index contributed by atoms with van der Waals surface area (Å²) in [6, 6.07) is 63.3. The van der Waals surface area contributed by atoms with Crippen molar-refractivity contribution in [2.75, 3.05) is 4.90 Å². The van der Waals surface area contributed by atoms with Crippen LogP contribution >= 0.6 is 0 Å². The molecule has 0 unspecified atom stereocenters. The topological polar surface area (TPSA) is 8.17 Å². The molecular weight excluding hydrogens is 653 g/mol. The van der Waals surface area contributed by atoms with Crippen LogP contribution in [0, 0.1) is 0 Å². The minimum Gasteiger partial charge on any atom is -0.310 e. The Morgan fingerprint density at radius 2 is 0.870 bits per heavy atom. The van der Waals surface area contributed by atoms with Crippen LogP contribution in [0.25, 0.3) is 60.5 Å². The van der Waals surface area contributed by atoms with Gasteiger partial charge in [0.05, 0.1) is 16.7 Å². The number of anilines is 3. The third kappa shape index (κ3) is 4.23. The van der Waals surface area contributed by atoms with E-state index in [-0.39, 0.29) is 10.8 Å². The summed E-state index contributed by atoms with van der Waals surface area (Å²) in [5.74, 6) is 0. The first kappa shape index (κ1) is 31.2. The van der Waals surface area contributed by atoms with Crippen LogP contribution in [-0.4, -0.2) is 4.57 Å². The van der Waals surface area contributed by atoms with Crippen LogP contribution in [0.1, 0.15) is 49.9 Å². The fourth-order valence-electron chi connectivity index (χ4n) is 9.85. The van der Waals surface area contributed by atoms with Gasteiger partial charge in [0.15, 0.2) is 0 Å². The number of hydrogen-bond acceptors (Lipinski definition) is 1. The van der Waals surface area contributed by atoms with E-state index in [0.717, 1.165) is 0 Å². The number of aromatic nitrogens is 1. The molecule has 2 heteroatoms. The molecule has 0 bridgehead atoms. The van der Waals surface area contributed by atoms with Crippen molar-refractivity contribution in [2.24, 2.45) is 0 Å². The van der Waals surface area contributed by atoms with E-state index in [9.17, 15) is 0 Å². The molecule has 2 aliphatic carbocycles. The summed E-state index contributed by atoms with van der Waals surface area (Å²) in [7, 11) is 0. The van der Waals surface area contributed by atoms with Gasteiger partial charge in [-0.15, -0.1) is 0 Å². The van der Waals surface area contributed by atoms with Gasteiger partial charge in [-0.2, -0.15) is 0 Å². The van der Waals surface area contributed by atoms with Crippen LogP contribution in [-0.2, 0) is 10.8 Å². The van der Waals surface area contributed by atoms with E-state index >= 15 is 0 Å². The first-order chi connectivity index (χ1) is 26.3. The largest absolute Gasteiger partial charge is 0.310 e. The number of nitrogens with zero attached hydrogens (tertiary/aromatic N) is 2. The lowest BCUT2D eigenvalue weighted by molar-refractivity contribution is 0.659. The molecule has 1 aromatic heterocycles. The molecule has 0 N–H and O–H groups in total. The molecule has 0 amide bonds. The molecule has 11 rings (SSSR count). The van der Waals surface area contributed by atoms with Gasteiger partial charge >= 0.3 is 0 Å². The molecule has 54 heavy (non-hydrogen) atoms. The van der Waals surface area contributed by atoms with E-state index in [4.69, 9.17) is 0 Å². The average molecular weight is 693 g/mol. The zero-order valence-corrected chi connectivity index (χ0v) is 31.1. The first-order valence-corrected chi connectivity index (χ1v) is 19.1. The highest BCUT2D eigenvalue weighted by atomic mass is 15.1. The molecule has 2 aliphatic rings. The molecule has 1 heterocycles. The molecule has 0 aliphatic heterocycles. The predicted octanol–water partition coefficient (Wildman–Crippen LogP) is 14.0. The normalized spacial score (nSPS) is 14.6. The minimum atomic E-state index is -0.207. The van der Waals surface area contributed by atoms with Crippen molar-refractivity contribution < 1.29 is 0 Å². The van der Waals surface area contributed by atoms with E-state index in [1.54, 1.807) is 0 Å². The molecule has 0 spiro atoms. The molecule has 0 radical (unpaired) electrons. The van der Waals surface area contributed by atoms with Gasteiger partial charge in [0.25, 0.3) is 0 Å².